The van der Waals surface area contributed by atoms with Gasteiger partial charge in [0.05, 0.1) is 12.1 Å². The van der Waals surface area contributed by atoms with Gasteiger partial charge in [0.25, 0.3) is 0 Å². The van der Waals surface area contributed by atoms with Gasteiger partial charge in [-0.25, -0.2) is 14.0 Å². The average Bonchev–Trinajstić information content (AvgIpc) is 2.79. The van der Waals surface area contributed by atoms with Gasteiger partial charge in [0.15, 0.2) is 0 Å². The molecule has 0 saturated carbocycles. The second-order valence-electron chi connectivity index (χ2n) is 8.73. The molecule has 0 aromatic heterocycles. The van der Waals surface area contributed by atoms with Crippen LogP contribution in [0.25, 0.3) is 0 Å². The summed E-state index contributed by atoms with van der Waals surface area (Å²) in [6.07, 6.45) is 0.980. The van der Waals surface area contributed by atoms with Crippen molar-refractivity contribution in [2.45, 2.75) is 32.0 Å². The molecule has 2 bridgehead atoms. The lowest BCUT2D eigenvalue weighted by Gasteiger charge is -2.61. The van der Waals surface area contributed by atoms with Crippen LogP contribution in [-0.4, -0.2) is 64.6 Å². The van der Waals surface area contributed by atoms with Crippen LogP contribution in [-0.2, 0) is 4.79 Å². The summed E-state index contributed by atoms with van der Waals surface area (Å²) < 4.78 is 21.0. The van der Waals surface area contributed by atoms with Gasteiger partial charge in [-0.3, -0.25) is 9.38 Å². The number of carbonyl (C=O) groups excluding carboxylic acids is 1. The molecular weight excluding hydrogens is 411 g/mol. The fourth-order valence-corrected chi connectivity index (χ4v) is 4.92. The fourth-order valence-electron chi connectivity index (χ4n) is 4.92. The highest BCUT2D eigenvalue weighted by Gasteiger charge is 2.61. The van der Waals surface area contributed by atoms with Gasteiger partial charge >= 0.3 is 11.9 Å². The summed E-state index contributed by atoms with van der Waals surface area (Å²) in [6, 6.07) is 11.7. The number of hydrogen-bond donors (Lipinski definition) is 1. The van der Waals surface area contributed by atoms with Crippen molar-refractivity contribution in [3.63, 3.8) is 0 Å². The number of amides is 1. The fraction of sp³-hybridized carbons (Fsp3) is 0.360. The number of aromatic carboxylic acids is 1. The van der Waals surface area contributed by atoms with E-state index in [1.165, 1.54) is 24.3 Å². The van der Waals surface area contributed by atoms with Crippen molar-refractivity contribution in [2.24, 2.45) is 0 Å². The molecule has 2 aromatic carbocycles. The predicted molar refractivity (Wildman–Crippen MR) is 118 cm³/mol. The Kier molecular flexibility index (Phi) is 5.88. The maximum atomic E-state index is 14.3. The SMILES string of the molecule is C=CC(=O)[N+]12CCN(C[C@@H](Oc3ccc(C(=O)O)cc3)c3ccc(C)c(F)c3)C(C1)[C@H]2C. The number of rotatable bonds is 7. The number of ether oxygens (including phenoxy) is 1. The number of carboxylic acids is 1. The molecule has 2 unspecified atom stereocenters. The van der Waals surface area contributed by atoms with Gasteiger partial charge in [0.2, 0.25) is 0 Å². The topological polar surface area (TPSA) is 66.8 Å². The first kappa shape index (κ1) is 22.2. The summed E-state index contributed by atoms with van der Waals surface area (Å²) in [5.74, 6) is -0.705. The van der Waals surface area contributed by atoms with E-state index in [1.807, 2.05) is 6.07 Å². The molecule has 1 N–H and O–H groups in total. The summed E-state index contributed by atoms with van der Waals surface area (Å²) in [6.45, 7) is 10.2. The summed E-state index contributed by atoms with van der Waals surface area (Å²) >= 11 is 0. The predicted octanol–water partition coefficient (Wildman–Crippen LogP) is 3.57. The molecule has 3 saturated heterocycles. The zero-order chi connectivity index (χ0) is 23.0. The number of carbonyl (C=O) groups is 2. The molecule has 0 radical (unpaired) electrons. The number of hydrogen-bond acceptors (Lipinski definition) is 4. The number of nitrogens with zero attached hydrogens (tertiary/aromatic N) is 2. The van der Waals surface area contributed by atoms with E-state index in [-0.39, 0.29) is 29.4 Å². The Balaban J connectivity index is 1.56. The third kappa shape index (κ3) is 3.82. The Bertz CT molecular complexity index is 1050. The molecule has 0 spiro atoms. The van der Waals surface area contributed by atoms with E-state index in [4.69, 9.17) is 9.84 Å². The van der Waals surface area contributed by atoms with Crippen LogP contribution in [0.2, 0.25) is 0 Å². The number of aryl methyl sites for hydroxylation is 1. The summed E-state index contributed by atoms with van der Waals surface area (Å²) in [5.41, 5.74) is 1.46. The minimum Gasteiger partial charge on any atom is -0.484 e. The average molecular weight is 440 g/mol. The zero-order valence-corrected chi connectivity index (χ0v) is 18.3. The first-order valence-electron chi connectivity index (χ1n) is 10.8. The molecule has 1 amide bonds. The Morgan fingerprint density at radius 2 is 2.03 bits per heavy atom. The van der Waals surface area contributed by atoms with Gasteiger partial charge < -0.3 is 9.84 Å². The van der Waals surface area contributed by atoms with Gasteiger partial charge in [-0.2, -0.15) is 0 Å². The second kappa shape index (κ2) is 8.48. The first-order chi connectivity index (χ1) is 15.2. The largest absolute Gasteiger partial charge is 0.484 e. The molecule has 4 atom stereocenters. The van der Waals surface area contributed by atoms with E-state index in [0.717, 1.165) is 18.7 Å². The van der Waals surface area contributed by atoms with Crippen molar-refractivity contribution >= 4 is 11.9 Å². The van der Waals surface area contributed by atoms with E-state index in [0.29, 0.717) is 28.9 Å². The number of benzene rings is 2. The molecule has 3 fully saturated rings. The van der Waals surface area contributed by atoms with Gasteiger partial charge in [0.1, 0.15) is 36.3 Å². The van der Waals surface area contributed by atoms with Gasteiger partial charge in [-0.15, -0.1) is 0 Å². The van der Waals surface area contributed by atoms with Crippen molar-refractivity contribution in [1.29, 1.82) is 0 Å². The third-order valence-electron chi connectivity index (χ3n) is 7.07. The Morgan fingerprint density at radius 3 is 2.59 bits per heavy atom. The van der Waals surface area contributed by atoms with Crippen molar-refractivity contribution < 1.29 is 28.3 Å². The Morgan fingerprint density at radius 1 is 1.31 bits per heavy atom. The van der Waals surface area contributed by atoms with Crippen molar-refractivity contribution in [1.82, 2.24) is 4.90 Å². The Labute approximate surface area is 187 Å². The molecule has 5 rings (SSSR count). The van der Waals surface area contributed by atoms with E-state index < -0.39 is 12.1 Å². The number of carboxylic acid groups (broad SMARTS) is 1. The van der Waals surface area contributed by atoms with E-state index in [1.54, 1.807) is 25.1 Å². The number of quaternary nitrogens is 1. The number of halogens is 1. The quantitative estimate of drug-likeness (QED) is 0.528. The van der Waals surface area contributed by atoms with Crippen LogP contribution < -0.4 is 4.74 Å². The monoisotopic (exact) mass is 439 g/mol. The van der Waals surface area contributed by atoms with Crippen molar-refractivity contribution in [3.8, 4) is 5.75 Å². The van der Waals surface area contributed by atoms with Crippen LogP contribution >= 0.6 is 0 Å². The molecule has 7 heteroatoms. The van der Waals surface area contributed by atoms with E-state index >= 15 is 0 Å². The van der Waals surface area contributed by atoms with Crippen molar-refractivity contribution in [2.75, 3.05) is 26.2 Å². The molecule has 3 heterocycles. The first-order valence-corrected chi connectivity index (χ1v) is 10.8. The smallest absolute Gasteiger partial charge is 0.338 e. The lowest BCUT2D eigenvalue weighted by molar-refractivity contribution is -0.933. The van der Waals surface area contributed by atoms with Crippen LogP contribution in [0.4, 0.5) is 4.39 Å². The minimum atomic E-state index is -1.00. The maximum absolute atomic E-state index is 14.3. The zero-order valence-electron chi connectivity index (χ0n) is 18.3. The normalized spacial score (nSPS) is 25.5. The molecule has 3 aliphatic rings. The van der Waals surface area contributed by atoms with Gasteiger partial charge in [-0.05, 0) is 55.3 Å². The molecular formula is C25H28FN2O4+. The molecule has 6 nitrogen and oxygen atoms in total. The second-order valence-corrected chi connectivity index (χ2v) is 8.73. The number of fused-ring (bicyclic) bond motifs is 2. The standard InChI is InChI=1S/C25H27FN2O4/c1-4-24(29)28-12-11-27(22(15-28)17(28)3)14-23(19-6-5-16(2)21(26)13-19)32-20-9-7-18(8-10-20)25(30)31/h4-10,13,17,22-23H,1,11-12,14-15H2,2-3H3/p+1/t17-,22?,23-,28?/m1/s1. The summed E-state index contributed by atoms with van der Waals surface area (Å²) in [4.78, 5) is 25.8. The molecule has 32 heavy (non-hydrogen) atoms. The molecule has 2 aromatic rings. The Hall–Kier alpha value is -3.03. The van der Waals surface area contributed by atoms with Gasteiger partial charge in [0, 0.05) is 19.2 Å². The van der Waals surface area contributed by atoms with E-state index in [2.05, 4.69) is 18.4 Å². The van der Waals surface area contributed by atoms with E-state index in [9.17, 15) is 14.0 Å². The van der Waals surface area contributed by atoms with Crippen LogP contribution in [0.1, 0.15) is 34.5 Å². The molecule has 168 valence electrons. The van der Waals surface area contributed by atoms with Crippen LogP contribution in [0.5, 0.6) is 5.75 Å². The van der Waals surface area contributed by atoms with Gasteiger partial charge in [-0.1, -0.05) is 18.7 Å². The maximum Gasteiger partial charge on any atom is 0.338 e. The lowest BCUT2D eigenvalue weighted by Crippen LogP contribution is -2.83. The highest BCUT2D eigenvalue weighted by atomic mass is 19.1. The summed E-state index contributed by atoms with van der Waals surface area (Å²) in [5, 5.41) is 9.12. The highest BCUT2D eigenvalue weighted by molar-refractivity contribution is 5.87. The number of piperazine rings is 2. The van der Waals surface area contributed by atoms with Crippen LogP contribution in [0.15, 0.2) is 55.1 Å². The van der Waals surface area contributed by atoms with Crippen molar-refractivity contribution in [3.05, 3.63) is 77.6 Å². The summed E-state index contributed by atoms with van der Waals surface area (Å²) in [7, 11) is 0. The molecule has 3 aliphatic heterocycles. The van der Waals surface area contributed by atoms with Crippen LogP contribution in [0, 0.1) is 12.7 Å². The lowest BCUT2D eigenvalue weighted by atomic mass is 9.86. The minimum absolute atomic E-state index is 0.0697. The molecule has 0 aliphatic carbocycles. The highest BCUT2D eigenvalue weighted by Crippen LogP contribution is 2.38. The third-order valence-corrected chi connectivity index (χ3v) is 7.07. The van der Waals surface area contributed by atoms with Crippen LogP contribution in [0.3, 0.4) is 0 Å².